The molecule has 0 fully saturated rings. The minimum absolute atomic E-state index is 0.0132. The van der Waals surface area contributed by atoms with Gasteiger partial charge in [0.1, 0.15) is 5.75 Å². The Morgan fingerprint density at radius 2 is 2.29 bits per heavy atom. The van der Waals surface area contributed by atoms with Crippen molar-refractivity contribution in [3.63, 3.8) is 0 Å². The second-order valence-corrected chi connectivity index (χ2v) is 4.15. The minimum atomic E-state index is 0.0132. The fourth-order valence-corrected chi connectivity index (χ4v) is 1.92. The highest BCUT2D eigenvalue weighted by molar-refractivity contribution is 5.97. The van der Waals surface area contributed by atoms with E-state index in [0.29, 0.717) is 13.2 Å². The lowest BCUT2D eigenvalue weighted by atomic mass is 10.1. The maximum absolute atomic E-state index is 11.8. The summed E-state index contributed by atoms with van der Waals surface area (Å²) in [6.07, 6.45) is 0.829. The Bertz CT molecular complexity index is 417. The molecule has 1 aromatic rings. The van der Waals surface area contributed by atoms with Crippen LogP contribution in [0.3, 0.4) is 0 Å². The molecule has 0 N–H and O–H groups in total. The third-order valence-electron chi connectivity index (χ3n) is 2.79. The van der Waals surface area contributed by atoms with Gasteiger partial charge in [-0.05, 0) is 31.0 Å². The van der Waals surface area contributed by atoms with Gasteiger partial charge in [0, 0.05) is 20.3 Å². The largest absolute Gasteiger partial charge is 0.482 e. The number of rotatable bonds is 4. The first-order chi connectivity index (χ1) is 8.22. The number of aryl methyl sites for hydroxylation is 1. The van der Waals surface area contributed by atoms with E-state index >= 15 is 0 Å². The Morgan fingerprint density at radius 1 is 1.47 bits per heavy atom. The Morgan fingerprint density at radius 3 is 3.06 bits per heavy atom. The lowest BCUT2D eigenvalue weighted by Crippen LogP contribution is -2.39. The Labute approximate surface area is 101 Å². The van der Waals surface area contributed by atoms with Gasteiger partial charge < -0.3 is 14.4 Å². The van der Waals surface area contributed by atoms with Gasteiger partial charge in [-0.15, -0.1) is 0 Å². The highest BCUT2D eigenvalue weighted by atomic mass is 16.5. The summed E-state index contributed by atoms with van der Waals surface area (Å²) in [4.78, 5) is 13.6. The SMILES string of the molecule is COCCCN1C(=O)COc2ccc(C)cc21. The maximum atomic E-state index is 11.8. The summed E-state index contributed by atoms with van der Waals surface area (Å²) in [6, 6.07) is 5.89. The van der Waals surface area contributed by atoms with Crippen LogP contribution in [0.4, 0.5) is 5.69 Å². The van der Waals surface area contributed by atoms with Crippen molar-refractivity contribution in [1.29, 1.82) is 0 Å². The van der Waals surface area contributed by atoms with E-state index < -0.39 is 0 Å². The molecule has 1 amide bonds. The minimum Gasteiger partial charge on any atom is -0.482 e. The van der Waals surface area contributed by atoms with Crippen LogP contribution < -0.4 is 9.64 Å². The van der Waals surface area contributed by atoms with Crippen LogP contribution in [-0.4, -0.2) is 32.8 Å². The molecule has 2 rings (SSSR count). The zero-order chi connectivity index (χ0) is 12.3. The number of hydrogen-bond donors (Lipinski definition) is 0. The fourth-order valence-electron chi connectivity index (χ4n) is 1.92. The van der Waals surface area contributed by atoms with E-state index in [0.717, 1.165) is 23.4 Å². The predicted molar refractivity (Wildman–Crippen MR) is 65.5 cm³/mol. The number of amides is 1. The van der Waals surface area contributed by atoms with E-state index in [4.69, 9.17) is 9.47 Å². The molecule has 0 spiro atoms. The number of carbonyl (C=O) groups is 1. The summed E-state index contributed by atoms with van der Waals surface area (Å²) in [5.41, 5.74) is 2.00. The molecule has 1 heterocycles. The van der Waals surface area contributed by atoms with Gasteiger partial charge in [-0.1, -0.05) is 6.07 Å². The molecule has 17 heavy (non-hydrogen) atoms. The van der Waals surface area contributed by atoms with E-state index in [-0.39, 0.29) is 12.5 Å². The van der Waals surface area contributed by atoms with Crippen molar-refractivity contribution in [2.45, 2.75) is 13.3 Å². The number of carbonyl (C=O) groups excluding carboxylic acids is 1. The van der Waals surface area contributed by atoms with Crippen LogP contribution in [0.25, 0.3) is 0 Å². The van der Waals surface area contributed by atoms with E-state index in [1.54, 1.807) is 12.0 Å². The molecule has 1 aromatic carbocycles. The molecule has 4 nitrogen and oxygen atoms in total. The number of benzene rings is 1. The van der Waals surface area contributed by atoms with Crippen molar-refractivity contribution >= 4 is 11.6 Å². The van der Waals surface area contributed by atoms with Crippen molar-refractivity contribution in [1.82, 2.24) is 0 Å². The monoisotopic (exact) mass is 235 g/mol. The van der Waals surface area contributed by atoms with E-state index in [1.165, 1.54) is 0 Å². The van der Waals surface area contributed by atoms with Crippen molar-refractivity contribution in [3.8, 4) is 5.75 Å². The predicted octanol–water partition coefficient (Wildman–Crippen LogP) is 1.76. The average Bonchev–Trinajstić information content (AvgIpc) is 2.32. The second kappa shape index (κ2) is 5.19. The van der Waals surface area contributed by atoms with E-state index in [2.05, 4.69) is 0 Å². The first kappa shape index (κ1) is 11.9. The zero-order valence-electron chi connectivity index (χ0n) is 10.2. The lowest BCUT2D eigenvalue weighted by Gasteiger charge is -2.29. The molecule has 0 aliphatic carbocycles. The third kappa shape index (κ3) is 2.58. The van der Waals surface area contributed by atoms with Gasteiger partial charge in [-0.2, -0.15) is 0 Å². The van der Waals surface area contributed by atoms with E-state index in [9.17, 15) is 4.79 Å². The summed E-state index contributed by atoms with van der Waals surface area (Å²) in [5, 5.41) is 0. The molecule has 0 bridgehead atoms. The van der Waals surface area contributed by atoms with Gasteiger partial charge in [-0.25, -0.2) is 0 Å². The summed E-state index contributed by atoms with van der Waals surface area (Å²) in [7, 11) is 1.67. The van der Waals surface area contributed by atoms with Crippen molar-refractivity contribution in [2.24, 2.45) is 0 Å². The number of nitrogens with zero attached hydrogens (tertiary/aromatic N) is 1. The molecule has 0 unspecified atom stereocenters. The van der Waals surface area contributed by atoms with Crippen molar-refractivity contribution < 1.29 is 14.3 Å². The smallest absolute Gasteiger partial charge is 0.265 e. The standard InChI is InChI=1S/C13H17NO3/c1-10-4-5-12-11(8-10)14(6-3-7-16-2)13(15)9-17-12/h4-5,8H,3,6-7,9H2,1-2H3. The quantitative estimate of drug-likeness (QED) is 0.746. The van der Waals surface area contributed by atoms with Crippen LogP contribution >= 0.6 is 0 Å². The van der Waals surface area contributed by atoms with Crippen molar-refractivity contribution in [2.75, 3.05) is 31.8 Å². The van der Waals surface area contributed by atoms with Gasteiger partial charge in [0.25, 0.3) is 5.91 Å². The molecule has 4 heteroatoms. The number of methoxy groups -OCH3 is 1. The number of anilines is 1. The molecular weight excluding hydrogens is 218 g/mol. The zero-order valence-corrected chi connectivity index (χ0v) is 10.2. The first-order valence-corrected chi connectivity index (χ1v) is 5.75. The van der Waals surface area contributed by atoms with Crippen molar-refractivity contribution in [3.05, 3.63) is 23.8 Å². The first-order valence-electron chi connectivity index (χ1n) is 5.75. The second-order valence-electron chi connectivity index (χ2n) is 4.15. The molecule has 0 aromatic heterocycles. The normalized spacial score (nSPS) is 14.5. The van der Waals surface area contributed by atoms with Crippen LogP contribution in [0.2, 0.25) is 0 Å². The fraction of sp³-hybridized carbons (Fsp3) is 0.462. The molecule has 92 valence electrons. The van der Waals surface area contributed by atoms with Gasteiger partial charge >= 0.3 is 0 Å². The third-order valence-corrected chi connectivity index (χ3v) is 2.79. The Balaban J connectivity index is 2.20. The lowest BCUT2D eigenvalue weighted by molar-refractivity contribution is -0.121. The molecule has 1 aliphatic rings. The van der Waals surface area contributed by atoms with Crippen LogP contribution in [0.1, 0.15) is 12.0 Å². The topological polar surface area (TPSA) is 38.8 Å². The van der Waals surface area contributed by atoms with Gasteiger partial charge in [0.05, 0.1) is 5.69 Å². The molecular formula is C13H17NO3. The van der Waals surface area contributed by atoms with E-state index in [1.807, 2.05) is 25.1 Å². The number of fused-ring (bicyclic) bond motifs is 1. The van der Waals surface area contributed by atoms with Gasteiger partial charge in [0.2, 0.25) is 0 Å². The summed E-state index contributed by atoms with van der Waals surface area (Å²) >= 11 is 0. The molecule has 0 saturated heterocycles. The molecule has 0 radical (unpaired) electrons. The Kier molecular flexibility index (Phi) is 3.64. The van der Waals surface area contributed by atoms with Crippen LogP contribution in [-0.2, 0) is 9.53 Å². The molecule has 0 saturated carbocycles. The summed E-state index contributed by atoms with van der Waals surface area (Å²) in [5.74, 6) is 0.798. The molecule has 0 atom stereocenters. The highest BCUT2D eigenvalue weighted by Crippen LogP contribution is 2.32. The number of ether oxygens (including phenoxy) is 2. The van der Waals surface area contributed by atoms with Crippen LogP contribution in [0.15, 0.2) is 18.2 Å². The summed E-state index contributed by atoms with van der Waals surface area (Å²) in [6.45, 7) is 3.47. The maximum Gasteiger partial charge on any atom is 0.265 e. The van der Waals surface area contributed by atoms with Gasteiger partial charge in [0.15, 0.2) is 6.61 Å². The van der Waals surface area contributed by atoms with Gasteiger partial charge in [-0.3, -0.25) is 4.79 Å². The van der Waals surface area contributed by atoms with Crippen LogP contribution in [0.5, 0.6) is 5.75 Å². The number of hydrogen-bond acceptors (Lipinski definition) is 3. The Hall–Kier alpha value is -1.55. The molecule has 1 aliphatic heterocycles. The highest BCUT2D eigenvalue weighted by Gasteiger charge is 2.24. The summed E-state index contributed by atoms with van der Waals surface area (Å²) < 4.78 is 10.4. The van der Waals surface area contributed by atoms with Crippen LogP contribution in [0, 0.1) is 6.92 Å². The average molecular weight is 235 g/mol.